The molecule has 2 heterocycles. The fourth-order valence-electron chi connectivity index (χ4n) is 3.74. The van der Waals surface area contributed by atoms with Crippen LogP contribution in [0.25, 0.3) is 5.57 Å². The molecule has 0 N–H and O–H groups in total. The maximum Gasteiger partial charge on any atom is 0.253 e. The van der Waals surface area contributed by atoms with E-state index in [1.807, 2.05) is 65.8 Å². The van der Waals surface area contributed by atoms with Crippen LogP contribution in [0.15, 0.2) is 60.9 Å². The summed E-state index contributed by atoms with van der Waals surface area (Å²) in [5.41, 5.74) is 2.75. The summed E-state index contributed by atoms with van der Waals surface area (Å²) < 4.78 is 6.11. The summed E-state index contributed by atoms with van der Waals surface area (Å²) in [6.45, 7) is 1.42. The Morgan fingerprint density at radius 1 is 1.08 bits per heavy atom. The molecule has 25 heavy (non-hydrogen) atoms. The van der Waals surface area contributed by atoms with Crippen LogP contribution < -0.4 is 0 Å². The first-order valence-electron chi connectivity index (χ1n) is 8.62. The molecule has 2 aromatic carbocycles. The number of carbonyl (C=O) groups is 1. The number of halogens is 1. The minimum Gasteiger partial charge on any atom is -0.492 e. The second-order valence-electron chi connectivity index (χ2n) is 6.82. The standard InChI is InChI=1S/C21H20ClNO2/c22-19-9-7-16(8-10-19)18-13-21(25-14-18)11-4-12-23(15-21)20(24)17-5-2-1-3-6-17/h1-3,5-10,14H,4,11-13,15H2. The van der Waals surface area contributed by atoms with Gasteiger partial charge in [0.05, 0.1) is 12.8 Å². The number of benzene rings is 2. The molecule has 0 radical (unpaired) electrons. The van der Waals surface area contributed by atoms with Crippen molar-refractivity contribution in [2.24, 2.45) is 0 Å². The molecule has 4 rings (SSSR count). The number of amides is 1. The minimum atomic E-state index is -0.294. The lowest BCUT2D eigenvalue weighted by Crippen LogP contribution is -2.50. The Hall–Kier alpha value is -2.26. The zero-order valence-corrected chi connectivity index (χ0v) is 14.7. The molecule has 0 bridgehead atoms. The zero-order chi connectivity index (χ0) is 17.3. The van der Waals surface area contributed by atoms with Crippen LogP contribution in [0.1, 0.15) is 35.2 Å². The molecule has 2 aliphatic heterocycles. The number of rotatable bonds is 2. The summed E-state index contributed by atoms with van der Waals surface area (Å²) in [6.07, 6.45) is 4.62. The third kappa shape index (κ3) is 3.29. The van der Waals surface area contributed by atoms with Crippen LogP contribution in [-0.4, -0.2) is 29.5 Å². The van der Waals surface area contributed by atoms with Gasteiger partial charge in [-0.1, -0.05) is 41.9 Å². The number of hydrogen-bond donors (Lipinski definition) is 0. The average Bonchev–Trinajstić information content (AvgIpc) is 3.05. The Balaban J connectivity index is 1.48. The van der Waals surface area contributed by atoms with Crippen molar-refractivity contribution in [3.63, 3.8) is 0 Å². The lowest BCUT2D eigenvalue weighted by Gasteiger charge is -2.39. The number of ether oxygens (including phenoxy) is 1. The first-order valence-corrected chi connectivity index (χ1v) is 9.00. The summed E-state index contributed by atoms with van der Waals surface area (Å²) in [4.78, 5) is 14.7. The largest absolute Gasteiger partial charge is 0.492 e. The molecule has 128 valence electrons. The highest BCUT2D eigenvalue weighted by Gasteiger charge is 2.42. The van der Waals surface area contributed by atoms with E-state index < -0.39 is 0 Å². The van der Waals surface area contributed by atoms with Crippen LogP contribution in [0.2, 0.25) is 5.02 Å². The van der Waals surface area contributed by atoms with Crippen molar-refractivity contribution >= 4 is 23.1 Å². The number of hydrogen-bond acceptors (Lipinski definition) is 2. The van der Waals surface area contributed by atoms with Gasteiger partial charge in [0, 0.05) is 23.6 Å². The first-order chi connectivity index (χ1) is 12.2. The van der Waals surface area contributed by atoms with Gasteiger partial charge in [0.25, 0.3) is 5.91 Å². The quantitative estimate of drug-likeness (QED) is 0.777. The minimum absolute atomic E-state index is 0.0863. The van der Waals surface area contributed by atoms with Gasteiger partial charge in [0.1, 0.15) is 5.60 Å². The molecular formula is C21H20ClNO2. The summed E-state index contributed by atoms with van der Waals surface area (Å²) >= 11 is 5.98. The van der Waals surface area contributed by atoms with E-state index >= 15 is 0 Å². The fraction of sp³-hybridized carbons (Fsp3) is 0.286. The average molecular weight is 354 g/mol. The van der Waals surface area contributed by atoms with Crippen molar-refractivity contribution in [1.29, 1.82) is 0 Å². The lowest BCUT2D eigenvalue weighted by molar-refractivity contribution is -0.0190. The maximum absolute atomic E-state index is 12.8. The molecule has 1 fully saturated rings. The molecule has 3 nitrogen and oxygen atoms in total. The number of piperidine rings is 1. The van der Waals surface area contributed by atoms with Gasteiger partial charge in [-0.3, -0.25) is 4.79 Å². The van der Waals surface area contributed by atoms with Gasteiger partial charge < -0.3 is 9.64 Å². The molecule has 1 unspecified atom stereocenters. The molecule has 0 aliphatic carbocycles. The molecule has 1 atom stereocenters. The Kier molecular flexibility index (Phi) is 4.26. The van der Waals surface area contributed by atoms with Gasteiger partial charge in [0.15, 0.2) is 0 Å². The van der Waals surface area contributed by atoms with Crippen LogP contribution in [0, 0.1) is 0 Å². The molecule has 4 heteroatoms. The van der Waals surface area contributed by atoms with Crippen LogP contribution in [0.4, 0.5) is 0 Å². The molecule has 0 saturated carbocycles. The Labute approximate surface area is 152 Å². The zero-order valence-electron chi connectivity index (χ0n) is 14.0. The third-order valence-electron chi connectivity index (χ3n) is 5.03. The highest BCUT2D eigenvalue weighted by atomic mass is 35.5. The van der Waals surface area contributed by atoms with Gasteiger partial charge in [-0.25, -0.2) is 0 Å². The van der Waals surface area contributed by atoms with Crippen molar-refractivity contribution in [1.82, 2.24) is 4.90 Å². The molecule has 2 aliphatic rings. The number of likely N-dealkylation sites (tertiary alicyclic amines) is 1. The van der Waals surface area contributed by atoms with E-state index in [-0.39, 0.29) is 11.5 Å². The van der Waals surface area contributed by atoms with Gasteiger partial charge in [0.2, 0.25) is 0 Å². The second-order valence-corrected chi connectivity index (χ2v) is 7.26. The summed E-state index contributed by atoms with van der Waals surface area (Å²) in [5.74, 6) is 0.0863. The predicted octanol–water partition coefficient (Wildman–Crippen LogP) is 4.78. The molecule has 0 aromatic heterocycles. The van der Waals surface area contributed by atoms with E-state index in [0.29, 0.717) is 6.54 Å². The van der Waals surface area contributed by atoms with Crippen molar-refractivity contribution in [2.45, 2.75) is 24.9 Å². The van der Waals surface area contributed by atoms with Crippen LogP contribution in [-0.2, 0) is 4.74 Å². The lowest BCUT2D eigenvalue weighted by atomic mass is 9.86. The Morgan fingerprint density at radius 3 is 2.60 bits per heavy atom. The van der Waals surface area contributed by atoms with E-state index in [9.17, 15) is 4.79 Å². The van der Waals surface area contributed by atoms with Gasteiger partial charge in [-0.2, -0.15) is 0 Å². The normalized spacial score (nSPS) is 22.6. The highest BCUT2D eigenvalue weighted by Crippen LogP contribution is 2.40. The van der Waals surface area contributed by atoms with E-state index in [0.717, 1.165) is 42.0 Å². The Morgan fingerprint density at radius 2 is 1.84 bits per heavy atom. The summed E-state index contributed by atoms with van der Waals surface area (Å²) in [7, 11) is 0. The third-order valence-corrected chi connectivity index (χ3v) is 5.28. The summed E-state index contributed by atoms with van der Waals surface area (Å²) in [6, 6.07) is 17.3. The van der Waals surface area contributed by atoms with E-state index in [1.54, 1.807) is 0 Å². The van der Waals surface area contributed by atoms with Crippen molar-refractivity contribution in [2.75, 3.05) is 13.1 Å². The molecule has 1 saturated heterocycles. The van der Waals surface area contributed by atoms with E-state index in [2.05, 4.69) is 0 Å². The van der Waals surface area contributed by atoms with Crippen molar-refractivity contribution < 1.29 is 9.53 Å². The second kappa shape index (κ2) is 6.57. The van der Waals surface area contributed by atoms with Crippen LogP contribution in [0.5, 0.6) is 0 Å². The molecular weight excluding hydrogens is 334 g/mol. The molecule has 1 spiro atoms. The smallest absolute Gasteiger partial charge is 0.253 e. The molecule has 2 aromatic rings. The number of nitrogens with zero attached hydrogens (tertiary/aromatic N) is 1. The monoisotopic (exact) mass is 353 g/mol. The SMILES string of the molecule is O=C(c1ccccc1)N1CCCC2(CC(c3ccc(Cl)cc3)=CO2)C1. The van der Waals surface area contributed by atoms with Crippen molar-refractivity contribution in [3.8, 4) is 0 Å². The van der Waals surface area contributed by atoms with Crippen LogP contribution >= 0.6 is 11.6 Å². The fourth-order valence-corrected chi connectivity index (χ4v) is 3.86. The Bertz CT molecular complexity index is 800. The van der Waals surface area contributed by atoms with Crippen molar-refractivity contribution in [3.05, 3.63) is 77.0 Å². The van der Waals surface area contributed by atoms with Gasteiger partial charge >= 0.3 is 0 Å². The predicted molar refractivity (Wildman–Crippen MR) is 99.4 cm³/mol. The number of carbonyl (C=O) groups excluding carboxylic acids is 1. The topological polar surface area (TPSA) is 29.5 Å². The van der Waals surface area contributed by atoms with Gasteiger partial charge in [-0.05, 0) is 48.2 Å². The highest BCUT2D eigenvalue weighted by molar-refractivity contribution is 6.30. The van der Waals surface area contributed by atoms with E-state index in [1.165, 1.54) is 5.57 Å². The first kappa shape index (κ1) is 16.2. The van der Waals surface area contributed by atoms with E-state index in [4.69, 9.17) is 16.3 Å². The summed E-state index contributed by atoms with van der Waals surface area (Å²) in [5, 5.41) is 0.732. The molecule has 1 amide bonds. The van der Waals surface area contributed by atoms with Crippen LogP contribution in [0.3, 0.4) is 0 Å². The maximum atomic E-state index is 12.8. The van der Waals surface area contributed by atoms with Gasteiger partial charge in [-0.15, -0.1) is 0 Å².